The molecule has 118 valence electrons. The fraction of sp³-hybridized carbons (Fsp3) is 0.750. The van der Waals surface area contributed by atoms with Crippen molar-refractivity contribution >= 4 is 17.7 Å². The smallest absolute Gasteiger partial charge is 0.321 e. The lowest BCUT2D eigenvalue weighted by Gasteiger charge is -2.40. The number of imide groups is 1. The molecule has 0 aliphatic carbocycles. The molecule has 0 radical (unpaired) electrons. The van der Waals surface area contributed by atoms with E-state index >= 15 is 0 Å². The molecule has 0 aromatic rings. The Labute approximate surface area is 119 Å². The Morgan fingerprint density at radius 1 is 1.43 bits per heavy atom. The van der Waals surface area contributed by atoms with E-state index in [9.17, 15) is 27.6 Å². The van der Waals surface area contributed by atoms with Crippen LogP contribution in [0.15, 0.2) is 0 Å². The third-order valence-corrected chi connectivity index (χ3v) is 4.01. The van der Waals surface area contributed by atoms with E-state index in [1.54, 1.807) is 6.92 Å². The minimum absolute atomic E-state index is 0.0655. The predicted molar refractivity (Wildman–Crippen MR) is 64.9 cm³/mol. The molecule has 0 spiro atoms. The van der Waals surface area contributed by atoms with Crippen LogP contribution in [0, 0.1) is 5.41 Å². The van der Waals surface area contributed by atoms with Gasteiger partial charge in [-0.05, 0) is 19.4 Å². The van der Waals surface area contributed by atoms with Crippen molar-refractivity contribution in [3.05, 3.63) is 0 Å². The summed E-state index contributed by atoms with van der Waals surface area (Å²) < 4.78 is 40.1. The van der Waals surface area contributed by atoms with Crippen LogP contribution in [-0.2, 0) is 14.4 Å². The molecule has 0 saturated carbocycles. The van der Waals surface area contributed by atoms with Crippen molar-refractivity contribution in [2.45, 2.75) is 32.0 Å². The van der Waals surface area contributed by atoms with Gasteiger partial charge in [-0.15, -0.1) is 0 Å². The van der Waals surface area contributed by atoms with Gasteiger partial charge >= 0.3 is 6.18 Å². The van der Waals surface area contributed by atoms with Gasteiger partial charge in [-0.3, -0.25) is 19.7 Å². The summed E-state index contributed by atoms with van der Waals surface area (Å²) >= 11 is 0. The van der Waals surface area contributed by atoms with Crippen molar-refractivity contribution in [2.24, 2.45) is 5.41 Å². The van der Waals surface area contributed by atoms with Gasteiger partial charge in [-0.2, -0.15) is 13.2 Å². The maximum absolute atomic E-state index is 13.4. The van der Waals surface area contributed by atoms with Gasteiger partial charge < -0.3 is 10.2 Å². The van der Waals surface area contributed by atoms with Crippen LogP contribution in [0.2, 0.25) is 0 Å². The van der Waals surface area contributed by atoms with Crippen LogP contribution in [-0.4, -0.2) is 54.5 Å². The molecule has 21 heavy (non-hydrogen) atoms. The van der Waals surface area contributed by atoms with Gasteiger partial charge in [0.05, 0.1) is 0 Å². The van der Waals surface area contributed by atoms with Crippen LogP contribution < -0.4 is 10.6 Å². The Kier molecular flexibility index (Phi) is 3.96. The van der Waals surface area contributed by atoms with E-state index in [1.165, 1.54) is 0 Å². The average Bonchev–Trinajstić information content (AvgIpc) is 2.87. The van der Waals surface area contributed by atoms with Crippen LogP contribution >= 0.6 is 0 Å². The predicted octanol–water partition coefficient (Wildman–Crippen LogP) is -0.208. The molecule has 2 unspecified atom stereocenters. The highest BCUT2D eigenvalue weighted by Crippen LogP contribution is 2.44. The SMILES string of the molecule is CCC1C(=O)NC(=O)CN1C(=O)C1(C(F)(F)F)CCNC1. The largest absolute Gasteiger partial charge is 0.404 e. The summed E-state index contributed by atoms with van der Waals surface area (Å²) in [5, 5.41) is 4.58. The number of alkyl halides is 3. The molecule has 2 rings (SSSR count). The van der Waals surface area contributed by atoms with Crippen molar-refractivity contribution in [3.8, 4) is 0 Å². The summed E-state index contributed by atoms with van der Waals surface area (Å²) in [6, 6.07) is -1.05. The third kappa shape index (κ3) is 2.50. The molecule has 2 N–H and O–H groups in total. The summed E-state index contributed by atoms with van der Waals surface area (Å²) in [6.07, 6.45) is -4.98. The monoisotopic (exact) mass is 307 g/mol. The fourth-order valence-electron chi connectivity index (χ4n) is 2.80. The zero-order valence-electron chi connectivity index (χ0n) is 11.4. The molecule has 2 heterocycles. The summed E-state index contributed by atoms with van der Waals surface area (Å²) in [6.45, 7) is 0.586. The van der Waals surface area contributed by atoms with Gasteiger partial charge in [0.2, 0.25) is 17.7 Å². The summed E-state index contributed by atoms with van der Waals surface area (Å²) in [4.78, 5) is 36.3. The van der Waals surface area contributed by atoms with Crippen LogP contribution in [0.3, 0.4) is 0 Å². The molecular formula is C12H16F3N3O3. The van der Waals surface area contributed by atoms with Gasteiger partial charge in [0.1, 0.15) is 12.6 Å². The molecule has 9 heteroatoms. The maximum Gasteiger partial charge on any atom is 0.404 e. The standard InChI is InChI=1S/C12H16F3N3O3/c1-2-7-9(20)17-8(19)5-18(7)10(21)11(12(13,14)15)3-4-16-6-11/h7,16H,2-6H2,1H3,(H,17,19,20). The van der Waals surface area contributed by atoms with E-state index in [-0.39, 0.29) is 13.0 Å². The van der Waals surface area contributed by atoms with E-state index in [0.717, 1.165) is 4.90 Å². The molecule has 0 bridgehead atoms. The summed E-state index contributed by atoms with van der Waals surface area (Å²) in [5.41, 5.74) is -2.56. The Morgan fingerprint density at radius 3 is 2.57 bits per heavy atom. The van der Waals surface area contributed by atoms with Crippen LogP contribution in [0.1, 0.15) is 19.8 Å². The first-order valence-electron chi connectivity index (χ1n) is 6.65. The Bertz CT molecular complexity index is 472. The van der Waals surface area contributed by atoms with Gasteiger partial charge in [-0.25, -0.2) is 0 Å². The van der Waals surface area contributed by atoms with E-state index < -0.39 is 54.9 Å². The zero-order valence-corrected chi connectivity index (χ0v) is 11.4. The first-order chi connectivity index (χ1) is 9.73. The fourth-order valence-corrected chi connectivity index (χ4v) is 2.80. The van der Waals surface area contributed by atoms with Crippen molar-refractivity contribution in [1.29, 1.82) is 0 Å². The Hall–Kier alpha value is -1.64. The number of piperazine rings is 1. The van der Waals surface area contributed by atoms with E-state index in [4.69, 9.17) is 0 Å². The molecule has 6 nitrogen and oxygen atoms in total. The lowest BCUT2D eigenvalue weighted by molar-refractivity contribution is -0.223. The summed E-state index contributed by atoms with van der Waals surface area (Å²) in [7, 11) is 0. The number of halogens is 3. The molecule has 0 aromatic heterocycles. The lowest BCUT2D eigenvalue weighted by Crippen LogP contribution is -2.64. The molecule has 2 aliphatic heterocycles. The third-order valence-electron chi connectivity index (χ3n) is 4.01. The number of nitrogens with zero attached hydrogens (tertiary/aromatic N) is 1. The minimum atomic E-state index is -4.73. The number of hydrogen-bond donors (Lipinski definition) is 2. The molecule has 2 saturated heterocycles. The van der Waals surface area contributed by atoms with Crippen LogP contribution in [0.25, 0.3) is 0 Å². The first kappa shape index (κ1) is 15.7. The normalized spacial score (nSPS) is 30.5. The first-order valence-corrected chi connectivity index (χ1v) is 6.65. The summed E-state index contributed by atoms with van der Waals surface area (Å²) in [5.74, 6) is -2.69. The average molecular weight is 307 g/mol. The second-order valence-corrected chi connectivity index (χ2v) is 5.28. The van der Waals surface area contributed by atoms with E-state index in [1.807, 2.05) is 5.32 Å². The van der Waals surface area contributed by atoms with Gasteiger partial charge in [0.15, 0.2) is 5.41 Å². The second-order valence-electron chi connectivity index (χ2n) is 5.28. The highest BCUT2D eigenvalue weighted by Gasteiger charge is 2.63. The van der Waals surface area contributed by atoms with Gasteiger partial charge in [0, 0.05) is 6.54 Å². The highest BCUT2D eigenvalue weighted by molar-refractivity contribution is 6.05. The van der Waals surface area contributed by atoms with E-state index in [2.05, 4.69) is 5.32 Å². The Balaban J connectivity index is 2.35. The number of amides is 3. The van der Waals surface area contributed by atoms with Crippen molar-refractivity contribution in [3.63, 3.8) is 0 Å². The molecule has 2 atom stereocenters. The number of nitrogens with one attached hydrogen (secondary N) is 2. The van der Waals surface area contributed by atoms with Crippen LogP contribution in [0.4, 0.5) is 13.2 Å². The molecule has 3 amide bonds. The van der Waals surface area contributed by atoms with Crippen molar-refractivity contribution in [1.82, 2.24) is 15.5 Å². The second kappa shape index (κ2) is 5.28. The molecule has 2 aliphatic rings. The van der Waals surface area contributed by atoms with Crippen LogP contribution in [0.5, 0.6) is 0 Å². The molecule has 2 fully saturated rings. The quantitative estimate of drug-likeness (QED) is 0.692. The van der Waals surface area contributed by atoms with E-state index in [0.29, 0.717) is 0 Å². The minimum Gasteiger partial charge on any atom is -0.321 e. The lowest BCUT2D eigenvalue weighted by atomic mass is 9.83. The zero-order chi connectivity index (χ0) is 15.8. The maximum atomic E-state index is 13.4. The van der Waals surface area contributed by atoms with Gasteiger partial charge in [0.25, 0.3) is 0 Å². The molecular weight excluding hydrogens is 291 g/mol. The number of hydrogen-bond acceptors (Lipinski definition) is 4. The van der Waals surface area contributed by atoms with Gasteiger partial charge in [-0.1, -0.05) is 6.92 Å². The number of rotatable bonds is 2. The van der Waals surface area contributed by atoms with Crippen molar-refractivity contribution in [2.75, 3.05) is 19.6 Å². The number of carbonyl (C=O) groups is 3. The number of carbonyl (C=O) groups excluding carboxylic acids is 3. The van der Waals surface area contributed by atoms with Crippen molar-refractivity contribution < 1.29 is 27.6 Å². The Morgan fingerprint density at radius 2 is 2.10 bits per heavy atom. The topological polar surface area (TPSA) is 78.5 Å². The molecule has 0 aromatic carbocycles. The highest BCUT2D eigenvalue weighted by atomic mass is 19.4.